The van der Waals surface area contributed by atoms with Crippen LogP contribution in [-0.2, 0) is 0 Å². The number of hydrogen-bond donors (Lipinski definition) is 0. The summed E-state index contributed by atoms with van der Waals surface area (Å²) in [5.74, 6) is 0. The van der Waals surface area contributed by atoms with Crippen LogP contribution in [-0.4, -0.2) is 11.0 Å². The molecule has 0 heterocycles. The van der Waals surface area contributed by atoms with Gasteiger partial charge >= 0.3 is 6.18 Å². The van der Waals surface area contributed by atoms with Gasteiger partial charge in [0.25, 0.3) is 0 Å². The molecular weight excluding hydrogens is 164 g/mol. The minimum Gasteiger partial charge on any atom is -0.171 e. The van der Waals surface area contributed by atoms with E-state index in [0.717, 1.165) is 0 Å². The molecule has 0 nitrogen and oxygen atoms in total. The van der Waals surface area contributed by atoms with Crippen LogP contribution < -0.4 is 0 Å². The van der Waals surface area contributed by atoms with E-state index < -0.39 is 11.0 Å². The number of rotatable bonds is 1. The molecule has 0 aliphatic heterocycles. The van der Waals surface area contributed by atoms with E-state index in [2.05, 4.69) is 0 Å². The Morgan fingerprint density at radius 1 is 1.25 bits per heavy atom. The summed E-state index contributed by atoms with van der Waals surface area (Å²) >= 11 is 9.50. The molecular formula is C3H2Cl2F3. The van der Waals surface area contributed by atoms with Gasteiger partial charge in [-0.25, -0.2) is 0 Å². The molecule has 0 saturated carbocycles. The van der Waals surface area contributed by atoms with E-state index in [1.165, 1.54) is 0 Å². The van der Waals surface area contributed by atoms with Crippen molar-refractivity contribution in [3.05, 3.63) is 6.42 Å². The summed E-state index contributed by atoms with van der Waals surface area (Å²) in [6, 6.07) is 0. The number of hydrogen-bond acceptors (Lipinski definition) is 0. The van der Waals surface area contributed by atoms with Crippen molar-refractivity contribution >= 4 is 23.2 Å². The second-order valence-corrected chi connectivity index (χ2v) is 2.21. The minimum absolute atomic E-state index is 0.115. The second kappa shape index (κ2) is 2.78. The smallest absolute Gasteiger partial charge is 0.171 e. The molecule has 0 aromatic heterocycles. The SMILES string of the molecule is FC(F)(F)[CH]C(Cl)Cl. The van der Waals surface area contributed by atoms with E-state index in [1.807, 2.05) is 0 Å². The van der Waals surface area contributed by atoms with Gasteiger partial charge in [-0.3, -0.25) is 0 Å². The van der Waals surface area contributed by atoms with Gasteiger partial charge in [0.05, 0.1) is 6.42 Å². The van der Waals surface area contributed by atoms with Crippen molar-refractivity contribution in [2.45, 2.75) is 11.0 Å². The Hall–Kier alpha value is 0.370. The third-order valence-corrected chi connectivity index (χ3v) is 0.567. The highest BCUT2D eigenvalue weighted by atomic mass is 35.5. The maximum absolute atomic E-state index is 11.1. The van der Waals surface area contributed by atoms with Crippen molar-refractivity contribution in [1.82, 2.24) is 0 Å². The maximum atomic E-state index is 11.1. The second-order valence-electron chi connectivity index (χ2n) is 1.04. The topological polar surface area (TPSA) is 0 Å². The molecule has 0 amide bonds. The minimum atomic E-state index is -4.37. The molecule has 0 N–H and O–H groups in total. The first-order valence-electron chi connectivity index (χ1n) is 1.63. The van der Waals surface area contributed by atoms with Gasteiger partial charge < -0.3 is 0 Å². The van der Waals surface area contributed by atoms with Crippen LogP contribution >= 0.6 is 23.2 Å². The van der Waals surface area contributed by atoms with Crippen LogP contribution in [0.3, 0.4) is 0 Å². The molecule has 0 bridgehead atoms. The van der Waals surface area contributed by atoms with E-state index in [-0.39, 0.29) is 6.42 Å². The molecule has 0 aromatic rings. The Balaban J connectivity index is 3.39. The lowest BCUT2D eigenvalue weighted by Crippen LogP contribution is -2.12. The maximum Gasteiger partial charge on any atom is 0.395 e. The van der Waals surface area contributed by atoms with Gasteiger partial charge in [0.15, 0.2) is 0 Å². The molecule has 0 fully saturated rings. The molecule has 0 aromatic carbocycles. The van der Waals surface area contributed by atoms with Crippen LogP contribution in [0.25, 0.3) is 0 Å². The van der Waals surface area contributed by atoms with E-state index in [1.54, 1.807) is 0 Å². The lowest BCUT2D eigenvalue weighted by atomic mass is 10.5. The zero-order chi connectivity index (χ0) is 6.78. The van der Waals surface area contributed by atoms with Crippen LogP contribution in [0.5, 0.6) is 0 Å². The highest BCUT2D eigenvalue weighted by molar-refractivity contribution is 6.45. The third-order valence-electron chi connectivity index (χ3n) is 0.315. The third kappa shape index (κ3) is 6.37. The average Bonchev–Trinajstić information content (AvgIpc) is 1.21. The molecule has 0 rings (SSSR count). The van der Waals surface area contributed by atoms with Gasteiger partial charge in [-0.1, -0.05) is 0 Å². The molecule has 0 aliphatic carbocycles. The summed E-state index contributed by atoms with van der Waals surface area (Å²) in [4.78, 5) is -1.46. The van der Waals surface area contributed by atoms with Gasteiger partial charge in [-0.15, -0.1) is 23.2 Å². The van der Waals surface area contributed by atoms with Crippen molar-refractivity contribution in [2.75, 3.05) is 0 Å². The van der Waals surface area contributed by atoms with Crippen LogP contribution in [0.4, 0.5) is 13.2 Å². The lowest BCUT2D eigenvalue weighted by molar-refractivity contribution is -0.0959. The van der Waals surface area contributed by atoms with E-state index >= 15 is 0 Å². The Morgan fingerprint density at radius 3 is 1.62 bits per heavy atom. The molecule has 0 spiro atoms. The Morgan fingerprint density at radius 2 is 1.62 bits per heavy atom. The fourth-order valence-corrected chi connectivity index (χ4v) is 0.429. The molecule has 0 unspecified atom stereocenters. The Bertz CT molecular complexity index is 67.4. The summed E-state index contributed by atoms with van der Waals surface area (Å²) in [5.41, 5.74) is 0. The molecule has 5 heteroatoms. The summed E-state index contributed by atoms with van der Waals surface area (Å²) < 4.78 is 33.2. The van der Waals surface area contributed by atoms with Crippen LogP contribution in [0.1, 0.15) is 0 Å². The lowest BCUT2D eigenvalue weighted by Gasteiger charge is -2.03. The van der Waals surface area contributed by atoms with Gasteiger partial charge in [0, 0.05) is 0 Å². The highest BCUT2D eigenvalue weighted by Gasteiger charge is 2.30. The molecule has 8 heavy (non-hydrogen) atoms. The zero-order valence-corrected chi connectivity index (χ0v) is 5.06. The first-order valence-corrected chi connectivity index (χ1v) is 2.50. The largest absolute Gasteiger partial charge is 0.395 e. The highest BCUT2D eigenvalue weighted by Crippen LogP contribution is 2.24. The fourth-order valence-electron chi connectivity index (χ4n) is 0.143. The fraction of sp³-hybridized carbons (Fsp3) is 0.667. The van der Waals surface area contributed by atoms with Crippen molar-refractivity contribution in [3.63, 3.8) is 0 Å². The van der Waals surface area contributed by atoms with Gasteiger partial charge in [0.1, 0.15) is 4.84 Å². The predicted molar refractivity (Wildman–Crippen MR) is 25.8 cm³/mol. The van der Waals surface area contributed by atoms with Crippen LogP contribution in [0.2, 0.25) is 0 Å². The van der Waals surface area contributed by atoms with Crippen molar-refractivity contribution < 1.29 is 13.2 Å². The van der Waals surface area contributed by atoms with Crippen molar-refractivity contribution in [2.24, 2.45) is 0 Å². The summed E-state index contributed by atoms with van der Waals surface area (Å²) in [6.07, 6.45) is -4.48. The molecule has 0 aliphatic rings. The standard InChI is InChI=1S/C3H2Cl2F3/c4-2(5)1-3(6,7)8/h1-2H. The van der Waals surface area contributed by atoms with E-state index in [9.17, 15) is 13.2 Å². The number of alkyl halides is 5. The van der Waals surface area contributed by atoms with E-state index in [4.69, 9.17) is 23.2 Å². The van der Waals surface area contributed by atoms with Gasteiger partial charge in [-0.2, -0.15) is 13.2 Å². The summed E-state index contributed by atoms with van der Waals surface area (Å²) in [6.45, 7) is 0. The summed E-state index contributed by atoms with van der Waals surface area (Å²) in [5, 5.41) is 0. The molecule has 49 valence electrons. The Kier molecular flexibility index (Phi) is 2.91. The molecule has 0 saturated heterocycles. The van der Waals surface area contributed by atoms with Gasteiger partial charge in [-0.05, 0) is 0 Å². The van der Waals surface area contributed by atoms with Crippen LogP contribution in [0, 0.1) is 6.42 Å². The normalized spacial score (nSPS) is 12.8. The zero-order valence-electron chi connectivity index (χ0n) is 3.54. The molecule has 0 atom stereocenters. The number of halogens is 5. The van der Waals surface area contributed by atoms with Gasteiger partial charge in [0.2, 0.25) is 0 Å². The van der Waals surface area contributed by atoms with Crippen molar-refractivity contribution in [1.29, 1.82) is 0 Å². The Labute approximate surface area is 54.6 Å². The van der Waals surface area contributed by atoms with Crippen LogP contribution in [0.15, 0.2) is 0 Å². The quantitative estimate of drug-likeness (QED) is 0.525. The monoisotopic (exact) mass is 165 g/mol. The predicted octanol–water partition coefficient (Wildman–Crippen LogP) is 2.56. The van der Waals surface area contributed by atoms with E-state index in [0.29, 0.717) is 0 Å². The van der Waals surface area contributed by atoms with Crippen molar-refractivity contribution in [3.8, 4) is 0 Å². The molecule has 1 radical (unpaired) electrons. The summed E-state index contributed by atoms with van der Waals surface area (Å²) in [7, 11) is 0. The first kappa shape index (κ1) is 8.37. The first-order chi connectivity index (χ1) is 3.42. The average molecular weight is 166 g/mol.